The molecular weight excluding hydrogens is 285 g/mol. The first kappa shape index (κ1) is 14.7. The number of amidine groups is 1. The molecule has 0 radical (unpaired) electrons. The molecule has 0 bridgehead atoms. The van der Waals surface area contributed by atoms with E-state index in [0.29, 0.717) is 0 Å². The lowest BCUT2D eigenvalue weighted by Gasteiger charge is -2.10. The maximum Gasteiger partial charge on any atom is 0.191 e. The fraction of sp³-hybridized carbons (Fsp3) is 0.0714. The molecule has 0 aliphatic heterocycles. The smallest absolute Gasteiger partial charge is 0.191 e. The minimum atomic E-state index is -0.886. The van der Waals surface area contributed by atoms with Crippen molar-refractivity contribution in [2.24, 2.45) is 10.9 Å². The van der Waals surface area contributed by atoms with Gasteiger partial charge in [0, 0.05) is 5.56 Å². The van der Waals surface area contributed by atoms with E-state index < -0.39 is 35.6 Å². The molecule has 3 N–H and O–H groups in total. The zero-order chi connectivity index (χ0) is 15.4. The van der Waals surface area contributed by atoms with Crippen LogP contribution in [0.5, 0.6) is 5.75 Å². The molecule has 110 valence electrons. The summed E-state index contributed by atoms with van der Waals surface area (Å²) >= 11 is 0. The molecule has 0 unspecified atom stereocenters. The monoisotopic (exact) mass is 296 g/mol. The minimum absolute atomic E-state index is 0.0155. The van der Waals surface area contributed by atoms with Gasteiger partial charge in [-0.05, 0) is 18.2 Å². The molecule has 4 nitrogen and oxygen atoms in total. The number of ether oxygens (including phenoxy) is 1. The van der Waals surface area contributed by atoms with Crippen LogP contribution >= 0.6 is 0 Å². The van der Waals surface area contributed by atoms with Gasteiger partial charge in [0.1, 0.15) is 12.4 Å². The summed E-state index contributed by atoms with van der Waals surface area (Å²) in [6.07, 6.45) is 0. The Morgan fingerprint density at radius 3 is 2.33 bits per heavy atom. The van der Waals surface area contributed by atoms with Crippen molar-refractivity contribution in [1.29, 1.82) is 0 Å². The van der Waals surface area contributed by atoms with Crippen LogP contribution in [-0.2, 0) is 6.61 Å². The van der Waals surface area contributed by atoms with Crippen molar-refractivity contribution in [3.8, 4) is 5.75 Å². The van der Waals surface area contributed by atoms with Gasteiger partial charge < -0.3 is 15.7 Å². The van der Waals surface area contributed by atoms with Crippen molar-refractivity contribution in [1.82, 2.24) is 0 Å². The van der Waals surface area contributed by atoms with Gasteiger partial charge in [-0.3, -0.25) is 0 Å². The second-order valence-corrected chi connectivity index (χ2v) is 4.10. The number of benzene rings is 2. The zero-order valence-electron chi connectivity index (χ0n) is 10.7. The number of hydrogen-bond acceptors (Lipinski definition) is 3. The highest BCUT2D eigenvalue weighted by Crippen LogP contribution is 2.23. The maximum atomic E-state index is 14.1. The largest absolute Gasteiger partial charge is 0.483 e. The van der Waals surface area contributed by atoms with Gasteiger partial charge in [0.25, 0.3) is 0 Å². The van der Waals surface area contributed by atoms with Gasteiger partial charge in [0.15, 0.2) is 23.2 Å². The third-order valence-corrected chi connectivity index (χ3v) is 2.75. The lowest BCUT2D eigenvalue weighted by atomic mass is 10.1. The van der Waals surface area contributed by atoms with E-state index in [1.54, 1.807) is 0 Å². The van der Waals surface area contributed by atoms with E-state index in [1.165, 1.54) is 24.3 Å². The fourth-order valence-corrected chi connectivity index (χ4v) is 1.71. The van der Waals surface area contributed by atoms with Gasteiger partial charge in [0.05, 0.1) is 5.56 Å². The van der Waals surface area contributed by atoms with Crippen molar-refractivity contribution >= 4 is 5.84 Å². The van der Waals surface area contributed by atoms with Crippen molar-refractivity contribution < 1.29 is 23.1 Å². The van der Waals surface area contributed by atoms with Gasteiger partial charge in [0.2, 0.25) is 0 Å². The number of para-hydroxylation sites is 1. The van der Waals surface area contributed by atoms with Gasteiger partial charge in [-0.25, -0.2) is 13.2 Å². The van der Waals surface area contributed by atoms with E-state index >= 15 is 0 Å². The molecule has 7 heteroatoms. The Hall–Kier alpha value is -2.70. The summed E-state index contributed by atoms with van der Waals surface area (Å²) in [4.78, 5) is 0. The molecule has 2 aromatic rings. The standard InChI is InChI=1S/C14H11F3N2O2/c15-10-5-2-6-11(16)13(10)21-7-8-3-1-4-9(12(8)17)14(18)19-20/h1-6,20H,7H2,(H2,18,19). The normalized spacial score (nSPS) is 11.5. The van der Waals surface area contributed by atoms with Gasteiger partial charge in [-0.1, -0.05) is 23.4 Å². The Kier molecular flexibility index (Phi) is 4.32. The van der Waals surface area contributed by atoms with Crippen LogP contribution in [0.15, 0.2) is 41.6 Å². The minimum Gasteiger partial charge on any atom is -0.483 e. The molecule has 0 saturated heterocycles. The van der Waals surface area contributed by atoms with Crippen molar-refractivity contribution in [3.05, 3.63) is 65.0 Å². The van der Waals surface area contributed by atoms with Crippen LogP contribution < -0.4 is 10.5 Å². The van der Waals surface area contributed by atoms with Crippen molar-refractivity contribution in [2.75, 3.05) is 0 Å². The predicted molar refractivity (Wildman–Crippen MR) is 69.6 cm³/mol. The Morgan fingerprint density at radius 1 is 1.10 bits per heavy atom. The quantitative estimate of drug-likeness (QED) is 0.394. The van der Waals surface area contributed by atoms with Crippen LogP contribution in [0.1, 0.15) is 11.1 Å². The number of hydrogen-bond donors (Lipinski definition) is 2. The zero-order valence-corrected chi connectivity index (χ0v) is 10.7. The summed E-state index contributed by atoms with van der Waals surface area (Å²) in [5.41, 5.74) is 5.20. The summed E-state index contributed by atoms with van der Waals surface area (Å²) in [5, 5.41) is 11.3. The van der Waals surface area contributed by atoms with Crippen molar-refractivity contribution in [2.45, 2.75) is 6.61 Å². The maximum absolute atomic E-state index is 14.1. The van der Waals surface area contributed by atoms with E-state index in [1.807, 2.05) is 0 Å². The van der Waals surface area contributed by atoms with E-state index in [-0.39, 0.29) is 11.1 Å². The van der Waals surface area contributed by atoms with Crippen LogP contribution in [0.3, 0.4) is 0 Å². The topological polar surface area (TPSA) is 67.8 Å². The lowest BCUT2D eigenvalue weighted by Crippen LogP contribution is -2.16. The number of halogens is 3. The Balaban J connectivity index is 2.25. The Bertz CT molecular complexity index is 670. The molecule has 0 aromatic heterocycles. The fourth-order valence-electron chi connectivity index (χ4n) is 1.71. The highest BCUT2D eigenvalue weighted by atomic mass is 19.1. The molecule has 21 heavy (non-hydrogen) atoms. The highest BCUT2D eigenvalue weighted by Gasteiger charge is 2.14. The van der Waals surface area contributed by atoms with E-state index in [0.717, 1.165) is 12.1 Å². The number of nitrogens with zero attached hydrogens (tertiary/aromatic N) is 1. The molecule has 0 spiro atoms. The first-order chi connectivity index (χ1) is 10.0. The average molecular weight is 296 g/mol. The molecule has 0 heterocycles. The second-order valence-electron chi connectivity index (χ2n) is 4.10. The van der Waals surface area contributed by atoms with Gasteiger partial charge >= 0.3 is 0 Å². The second kappa shape index (κ2) is 6.17. The van der Waals surface area contributed by atoms with Crippen LogP contribution in [0, 0.1) is 17.5 Å². The molecule has 2 rings (SSSR count). The third kappa shape index (κ3) is 3.07. The average Bonchev–Trinajstić information content (AvgIpc) is 2.47. The number of nitrogens with two attached hydrogens (primary N) is 1. The van der Waals surface area contributed by atoms with Crippen LogP contribution in [-0.4, -0.2) is 11.0 Å². The van der Waals surface area contributed by atoms with Gasteiger partial charge in [-0.15, -0.1) is 0 Å². The van der Waals surface area contributed by atoms with Crippen LogP contribution in [0.25, 0.3) is 0 Å². The lowest BCUT2D eigenvalue weighted by molar-refractivity contribution is 0.269. The molecule has 2 aromatic carbocycles. The molecule has 0 aliphatic rings. The van der Waals surface area contributed by atoms with Crippen LogP contribution in [0.4, 0.5) is 13.2 Å². The molecule has 0 saturated carbocycles. The molecular formula is C14H11F3N2O2. The third-order valence-electron chi connectivity index (χ3n) is 2.75. The Morgan fingerprint density at radius 2 is 1.71 bits per heavy atom. The van der Waals surface area contributed by atoms with E-state index in [2.05, 4.69) is 5.16 Å². The Labute approximate surface area is 118 Å². The summed E-state index contributed by atoms with van der Waals surface area (Å²) < 4.78 is 45.8. The highest BCUT2D eigenvalue weighted by molar-refractivity contribution is 5.97. The molecule has 0 aliphatic carbocycles. The summed E-state index contributed by atoms with van der Waals surface area (Å²) in [6.45, 7) is -0.407. The first-order valence-corrected chi connectivity index (χ1v) is 5.86. The van der Waals surface area contributed by atoms with Crippen LogP contribution in [0.2, 0.25) is 0 Å². The van der Waals surface area contributed by atoms with E-state index in [4.69, 9.17) is 15.7 Å². The first-order valence-electron chi connectivity index (χ1n) is 5.86. The van der Waals surface area contributed by atoms with Crippen molar-refractivity contribution in [3.63, 3.8) is 0 Å². The molecule has 0 atom stereocenters. The molecule has 0 fully saturated rings. The summed E-state index contributed by atoms with van der Waals surface area (Å²) in [5.74, 6) is -3.56. The summed E-state index contributed by atoms with van der Waals surface area (Å²) in [6, 6.07) is 7.37. The predicted octanol–water partition coefficient (Wildman–Crippen LogP) is 2.78. The molecule has 0 amide bonds. The summed E-state index contributed by atoms with van der Waals surface area (Å²) in [7, 11) is 0. The van der Waals surface area contributed by atoms with Gasteiger partial charge in [-0.2, -0.15) is 0 Å². The SMILES string of the molecule is N/C(=N/O)c1cccc(COc2c(F)cccc2F)c1F. The van der Waals surface area contributed by atoms with E-state index in [9.17, 15) is 13.2 Å². The number of rotatable bonds is 4. The number of oxime groups is 1.